The van der Waals surface area contributed by atoms with Gasteiger partial charge in [-0.3, -0.25) is 4.90 Å². The molecule has 0 spiro atoms. The number of nitriles is 3. The molecule has 5 nitrogen and oxygen atoms in total. The first-order valence-corrected chi connectivity index (χ1v) is 8.51. The van der Waals surface area contributed by atoms with Crippen molar-refractivity contribution in [1.82, 2.24) is 4.90 Å². The molecule has 0 amide bonds. The Morgan fingerprint density at radius 3 is 2.42 bits per heavy atom. The van der Waals surface area contributed by atoms with E-state index >= 15 is 0 Å². The molecular formula is C20H18FN5. The van der Waals surface area contributed by atoms with Crippen molar-refractivity contribution in [3.05, 3.63) is 47.3 Å². The molecule has 130 valence electrons. The van der Waals surface area contributed by atoms with Gasteiger partial charge in [-0.2, -0.15) is 15.8 Å². The van der Waals surface area contributed by atoms with E-state index in [2.05, 4.69) is 11.0 Å². The number of hydrogen-bond acceptors (Lipinski definition) is 5. The average molecular weight is 347 g/mol. The summed E-state index contributed by atoms with van der Waals surface area (Å²) in [6.07, 6.45) is 1.86. The fourth-order valence-electron chi connectivity index (χ4n) is 4.16. The lowest BCUT2D eigenvalue weighted by Gasteiger charge is -2.47. The van der Waals surface area contributed by atoms with Crippen LogP contribution in [0.25, 0.3) is 0 Å². The van der Waals surface area contributed by atoms with Crippen LogP contribution < -0.4 is 0 Å². The molecule has 2 aliphatic rings. The van der Waals surface area contributed by atoms with Gasteiger partial charge in [0.1, 0.15) is 5.82 Å². The quantitative estimate of drug-likeness (QED) is 0.831. The van der Waals surface area contributed by atoms with Gasteiger partial charge in [0.05, 0.1) is 29.8 Å². The van der Waals surface area contributed by atoms with Gasteiger partial charge in [-0.15, -0.1) is 0 Å². The number of rotatable bonds is 2. The Hall–Kier alpha value is -3.01. The minimum atomic E-state index is -1.69. The molecular weight excluding hydrogens is 329 g/mol. The molecule has 1 N–H and O–H groups in total. The van der Waals surface area contributed by atoms with Gasteiger partial charge in [0.25, 0.3) is 0 Å². The number of nitrogens with zero attached hydrogens (tertiary/aromatic N) is 4. The van der Waals surface area contributed by atoms with Crippen LogP contribution in [0.1, 0.15) is 18.4 Å². The Morgan fingerprint density at radius 1 is 1.23 bits per heavy atom. The van der Waals surface area contributed by atoms with Gasteiger partial charge in [0.15, 0.2) is 0 Å². The second-order valence-corrected chi connectivity index (χ2v) is 6.69. The van der Waals surface area contributed by atoms with E-state index in [0.717, 1.165) is 12.1 Å². The third-order valence-electron chi connectivity index (χ3n) is 5.54. The zero-order valence-electron chi connectivity index (χ0n) is 14.4. The van der Waals surface area contributed by atoms with Gasteiger partial charge in [0.2, 0.25) is 5.41 Å². The summed E-state index contributed by atoms with van der Waals surface area (Å²) in [6, 6.07) is 12.1. The molecule has 0 saturated heterocycles. The first-order valence-electron chi connectivity index (χ1n) is 8.51. The first-order chi connectivity index (χ1) is 12.5. The number of benzene rings is 1. The van der Waals surface area contributed by atoms with E-state index in [1.54, 1.807) is 12.1 Å². The molecule has 3 atom stereocenters. The predicted octanol–water partition coefficient (Wildman–Crippen LogP) is 2.99. The normalized spacial score (nSPS) is 27.4. The maximum absolute atomic E-state index is 13.4. The Morgan fingerprint density at radius 2 is 1.88 bits per heavy atom. The maximum atomic E-state index is 13.4. The van der Waals surface area contributed by atoms with E-state index in [1.165, 1.54) is 12.1 Å². The largest absolute Gasteiger partial charge is 0.305 e. The van der Waals surface area contributed by atoms with Crippen LogP contribution in [-0.2, 0) is 0 Å². The Bertz CT molecular complexity index is 867. The van der Waals surface area contributed by atoms with Crippen molar-refractivity contribution in [2.75, 3.05) is 19.6 Å². The predicted molar refractivity (Wildman–Crippen MR) is 93.3 cm³/mol. The van der Waals surface area contributed by atoms with Crippen LogP contribution in [0.4, 0.5) is 4.39 Å². The second-order valence-electron chi connectivity index (χ2n) is 6.69. The molecule has 6 heteroatoms. The highest BCUT2D eigenvalue weighted by Crippen LogP contribution is 2.52. The molecule has 1 aliphatic heterocycles. The summed E-state index contributed by atoms with van der Waals surface area (Å²) in [5.74, 6) is -1.90. The lowest BCUT2D eigenvalue weighted by atomic mass is 9.55. The molecule has 0 bridgehead atoms. The van der Waals surface area contributed by atoms with Crippen molar-refractivity contribution >= 4 is 5.71 Å². The van der Waals surface area contributed by atoms with E-state index in [-0.39, 0.29) is 23.4 Å². The smallest absolute Gasteiger partial charge is 0.203 e. The van der Waals surface area contributed by atoms with Crippen molar-refractivity contribution in [3.8, 4) is 18.2 Å². The van der Waals surface area contributed by atoms with Crippen LogP contribution >= 0.6 is 0 Å². The molecule has 0 radical (unpaired) electrons. The summed E-state index contributed by atoms with van der Waals surface area (Å²) in [5, 5.41) is 37.8. The third-order valence-corrected chi connectivity index (χ3v) is 5.54. The summed E-state index contributed by atoms with van der Waals surface area (Å²) < 4.78 is 13.4. The highest BCUT2D eigenvalue weighted by Gasteiger charge is 2.56. The van der Waals surface area contributed by atoms with Crippen molar-refractivity contribution in [3.63, 3.8) is 0 Å². The number of hydrogen-bond donors (Lipinski definition) is 1. The van der Waals surface area contributed by atoms with Crippen LogP contribution in [0.5, 0.6) is 0 Å². The van der Waals surface area contributed by atoms with Gasteiger partial charge in [-0.1, -0.05) is 25.1 Å². The topological polar surface area (TPSA) is 98.5 Å². The summed E-state index contributed by atoms with van der Waals surface area (Å²) in [6.45, 7) is 4.03. The number of likely N-dealkylation sites (N-methyl/N-ethyl adjacent to an activating group) is 1. The van der Waals surface area contributed by atoms with Crippen LogP contribution in [0.2, 0.25) is 0 Å². The second kappa shape index (κ2) is 6.71. The minimum absolute atomic E-state index is 0.174. The molecule has 1 aliphatic carbocycles. The van der Waals surface area contributed by atoms with E-state index in [4.69, 9.17) is 5.41 Å². The molecule has 1 aromatic rings. The maximum Gasteiger partial charge on any atom is 0.203 e. The van der Waals surface area contributed by atoms with E-state index < -0.39 is 11.3 Å². The lowest BCUT2D eigenvalue weighted by molar-refractivity contribution is 0.218. The Labute approximate surface area is 152 Å². The van der Waals surface area contributed by atoms with Gasteiger partial charge < -0.3 is 5.41 Å². The standard InChI is InChI=1S/C20H18FN5/c1-2-26-8-7-17-16(10-26)18(13-3-5-14(21)6-4-13)15(9-22)19(25)20(17,11-23)12-24/h3-7,15-16,18,25H,2,8,10H2,1H3/t15-,16-,18+/m0/s1. The van der Waals surface area contributed by atoms with E-state index in [9.17, 15) is 20.2 Å². The molecule has 1 heterocycles. The first kappa shape index (κ1) is 17.8. The molecule has 1 fully saturated rings. The Kier molecular flexibility index (Phi) is 4.60. The van der Waals surface area contributed by atoms with Crippen LogP contribution in [0.15, 0.2) is 35.9 Å². The SMILES string of the molecule is CCN1CC=C2[C@H](C1)[C@H](c1ccc(F)cc1)[C@H](C#N)C(=N)C2(C#N)C#N. The van der Waals surface area contributed by atoms with E-state index in [0.29, 0.717) is 18.7 Å². The summed E-state index contributed by atoms with van der Waals surface area (Å²) in [5.41, 5.74) is -0.507. The van der Waals surface area contributed by atoms with Gasteiger partial charge in [-0.05, 0) is 29.8 Å². The van der Waals surface area contributed by atoms with Crippen molar-refractivity contribution < 1.29 is 4.39 Å². The van der Waals surface area contributed by atoms with Gasteiger partial charge in [0, 0.05) is 24.9 Å². The van der Waals surface area contributed by atoms with Crippen LogP contribution in [-0.4, -0.2) is 30.2 Å². The Balaban J connectivity index is 2.21. The number of fused-ring (bicyclic) bond motifs is 1. The van der Waals surface area contributed by atoms with Crippen molar-refractivity contribution in [2.24, 2.45) is 17.3 Å². The third kappa shape index (κ3) is 2.49. The summed E-state index contributed by atoms with van der Waals surface area (Å²) in [7, 11) is 0. The van der Waals surface area contributed by atoms with Gasteiger partial charge in [-0.25, -0.2) is 4.39 Å². The molecule has 1 saturated carbocycles. The van der Waals surface area contributed by atoms with Crippen molar-refractivity contribution in [1.29, 1.82) is 21.2 Å². The fraction of sp³-hybridized carbons (Fsp3) is 0.400. The highest BCUT2D eigenvalue weighted by atomic mass is 19.1. The zero-order chi connectivity index (χ0) is 18.9. The van der Waals surface area contributed by atoms with Crippen molar-refractivity contribution in [2.45, 2.75) is 12.8 Å². The summed E-state index contributed by atoms with van der Waals surface area (Å²) in [4.78, 5) is 2.17. The molecule has 26 heavy (non-hydrogen) atoms. The van der Waals surface area contributed by atoms with E-state index in [1.807, 2.05) is 25.1 Å². The van der Waals surface area contributed by atoms with Crippen LogP contribution in [0, 0.1) is 62.5 Å². The molecule has 3 rings (SSSR count). The lowest BCUT2D eigenvalue weighted by Crippen LogP contribution is -2.52. The number of halogens is 1. The minimum Gasteiger partial charge on any atom is -0.305 e. The number of nitrogens with one attached hydrogen (secondary N) is 1. The molecule has 0 unspecified atom stereocenters. The molecule has 0 aromatic heterocycles. The fourth-order valence-corrected chi connectivity index (χ4v) is 4.16. The van der Waals surface area contributed by atoms with Crippen LogP contribution in [0.3, 0.4) is 0 Å². The zero-order valence-corrected chi connectivity index (χ0v) is 14.4. The average Bonchev–Trinajstić information content (AvgIpc) is 2.68. The monoisotopic (exact) mass is 347 g/mol. The summed E-state index contributed by atoms with van der Waals surface area (Å²) >= 11 is 0. The highest BCUT2D eigenvalue weighted by molar-refractivity contribution is 6.01. The molecule has 1 aromatic carbocycles. The van der Waals surface area contributed by atoms with Gasteiger partial charge >= 0.3 is 0 Å².